The molecule has 0 spiro atoms. The maximum Gasteiger partial charge on any atom is 0.416 e. The third-order valence-electron chi connectivity index (χ3n) is 3.70. The van der Waals surface area contributed by atoms with E-state index in [9.17, 15) is 18.0 Å². The Hall–Kier alpha value is -2.61. The van der Waals surface area contributed by atoms with Crippen molar-refractivity contribution in [2.45, 2.75) is 12.7 Å². The summed E-state index contributed by atoms with van der Waals surface area (Å²) >= 11 is 0. The summed E-state index contributed by atoms with van der Waals surface area (Å²) in [4.78, 5) is 19.3. The smallest absolute Gasteiger partial charge is 0.395 e. The summed E-state index contributed by atoms with van der Waals surface area (Å²) in [5.41, 5.74) is -0.0649. The molecule has 1 aromatic carbocycles. The average Bonchev–Trinajstić information content (AvgIpc) is 2.55. The number of benzene rings is 1. The predicted molar refractivity (Wildman–Crippen MR) is 80.7 cm³/mol. The number of nitrogens with zero attached hydrogens (tertiary/aromatic N) is 3. The van der Waals surface area contributed by atoms with Crippen LogP contribution in [0.25, 0.3) is 0 Å². The first kappa shape index (κ1) is 16.3. The molecule has 0 saturated heterocycles. The molecule has 2 aromatic rings. The van der Waals surface area contributed by atoms with E-state index in [1.54, 1.807) is 12.1 Å². The number of carbonyl (C=O) groups excluding carboxylic acids is 1. The van der Waals surface area contributed by atoms with Crippen molar-refractivity contribution in [2.75, 3.05) is 18.1 Å². The van der Waals surface area contributed by atoms with E-state index in [-0.39, 0.29) is 25.4 Å². The van der Waals surface area contributed by atoms with Gasteiger partial charge in [-0.2, -0.15) is 13.2 Å². The van der Waals surface area contributed by atoms with Crippen LogP contribution in [-0.2, 0) is 12.7 Å². The molecule has 2 amide bonds. The zero-order chi connectivity index (χ0) is 17.3. The zero-order valence-corrected chi connectivity index (χ0v) is 12.5. The normalized spacial score (nSPS) is 14.8. The van der Waals surface area contributed by atoms with Crippen LogP contribution in [0.1, 0.15) is 11.1 Å². The van der Waals surface area contributed by atoms with E-state index >= 15 is 0 Å². The van der Waals surface area contributed by atoms with Gasteiger partial charge in [0.1, 0.15) is 5.82 Å². The number of fused-ring (bicyclic) bond motifs is 1. The number of hydrogen-bond acceptors (Lipinski definition) is 3. The van der Waals surface area contributed by atoms with Gasteiger partial charge in [0.2, 0.25) is 0 Å². The molecule has 3 rings (SSSR count). The van der Waals surface area contributed by atoms with Crippen molar-refractivity contribution in [3.05, 3.63) is 53.7 Å². The number of aromatic nitrogens is 1. The fourth-order valence-electron chi connectivity index (χ4n) is 2.61. The molecule has 5 nitrogen and oxygen atoms in total. The van der Waals surface area contributed by atoms with Crippen LogP contribution in [0, 0.1) is 0 Å². The maximum atomic E-state index is 13.0. The van der Waals surface area contributed by atoms with Crippen molar-refractivity contribution in [1.29, 1.82) is 0 Å². The van der Waals surface area contributed by atoms with E-state index in [0.29, 0.717) is 11.4 Å². The molecule has 126 valence electrons. The summed E-state index contributed by atoms with van der Waals surface area (Å²) in [7, 11) is 0. The number of urea groups is 1. The summed E-state index contributed by atoms with van der Waals surface area (Å²) in [6.45, 7) is 0.0957. The summed E-state index contributed by atoms with van der Waals surface area (Å²) < 4.78 is 38.9. The van der Waals surface area contributed by atoms with Crippen molar-refractivity contribution < 1.29 is 23.1 Å². The number of rotatable bonds is 3. The summed E-state index contributed by atoms with van der Waals surface area (Å²) in [5, 5.41) is 9.12. The molecular weight excluding hydrogens is 323 g/mol. The molecule has 0 aliphatic carbocycles. The van der Waals surface area contributed by atoms with Gasteiger partial charge in [-0.3, -0.25) is 0 Å². The third-order valence-corrected chi connectivity index (χ3v) is 3.70. The highest BCUT2D eigenvalue weighted by Gasteiger charge is 2.35. The Kier molecular flexibility index (Phi) is 4.15. The largest absolute Gasteiger partial charge is 0.416 e. The number of alkyl halides is 3. The van der Waals surface area contributed by atoms with Gasteiger partial charge in [0.15, 0.2) is 0 Å². The van der Waals surface area contributed by atoms with E-state index in [0.717, 1.165) is 17.0 Å². The summed E-state index contributed by atoms with van der Waals surface area (Å²) in [6, 6.07) is 7.46. The Morgan fingerprint density at radius 1 is 1.21 bits per heavy atom. The van der Waals surface area contributed by atoms with Gasteiger partial charge in [0.05, 0.1) is 24.4 Å². The topological polar surface area (TPSA) is 56.7 Å². The standard InChI is InChI=1S/C16H14F3N3O2/c17-16(18,19)12-4-1-5-13(9-12)22-14-11(3-2-6-20-14)10-21(7-8-23)15(22)24/h1-6,9,23H,7-8,10H2. The minimum atomic E-state index is -4.51. The van der Waals surface area contributed by atoms with Gasteiger partial charge in [-0.15, -0.1) is 0 Å². The summed E-state index contributed by atoms with van der Waals surface area (Å²) in [6.07, 6.45) is -3.03. The van der Waals surface area contributed by atoms with E-state index in [4.69, 9.17) is 5.11 Å². The van der Waals surface area contributed by atoms with Gasteiger partial charge >= 0.3 is 12.2 Å². The number of pyridine rings is 1. The van der Waals surface area contributed by atoms with Crippen LogP contribution in [-0.4, -0.2) is 34.2 Å². The van der Waals surface area contributed by atoms with Crippen molar-refractivity contribution in [1.82, 2.24) is 9.88 Å². The van der Waals surface area contributed by atoms with Gasteiger partial charge in [-0.25, -0.2) is 14.7 Å². The van der Waals surface area contributed by atoms with Crippen LogP contribution < -0.4 is 4.90 Å². The molecule has 1 aliphatic heterocycles. The van der Waals surface area contributed by atoms with Gasteiger partial charge < -0.3 is 10.0 Å². The number of aliphatic hydroxyl groups is 1. The molecule has 2 heterocycles. The third kappa shape index (κ3) is 2.92. The van der Waals surface area contributed by atoms with Crippen LogP contribution in [0.15, 0.2) is 42.6 Å². The van der Waals surface area contributed by atoms with Crippen LogP contribution >= 0.6 is 0 Å². The number of amides is 2. The second-order valence-corrected chi connectivity index (χ2v) is 5.30. The zero-order valence-electron chi connectivity index (χ0n) is 12.5. The van der Waals surface area contributed by atoms with Gasteiger partial charge in [-0.05, 0) is 24.3 Å². The lowest BCUT2D eigenvalue weighted by Crippen LogP contribution is -2.46. The molecule has 0 fully saturated rings. The van der Waals surface area contributed by atoms with Crippen molar-refractivity contribution in [2.24, 2.45) is 0 Å². The average molecular weight is 337 g/mol. The molecule has 0 atom stereocenters. The van der Waals surface area contributed by atoms with E-state index < -0.39 is 17.8 Å². The Morgan fingerprint density at radius 2 is 2.00 bits per heavy atom. The van der Waals surface area contributed by atoms with Crippen molar-refractivity contribution >= 4 is 17.5 Å². The molecule has 24 heavy (non-hydrogen) atoms. The lowest BCUT2D eigenvalue weighted by molar-refractivity contribution is -0.137. The molecule has 8 heteroatoms. The second-order valence-electron chi connectivity index (χ2n) is 5.30. The lowest BCUT2D eigenvalue weighted by atomic mass is 10.1. The minimum Gasteiger partial charge on any atom is -0.395 e. The Bertz CT molecular complexity index is 764. The first-order valence-corrected chi connectivity index (χ1v) is 7.23. The van der Waals surface area contributed by atoms with Gasteiger partial charge in [0, 0.05) is 18.3 Å². The first-order valence-electron chi connectivity index (χ1n) is 7.23. The highest BCUT2D eigenvalue weighted by molar-refractivity contribution is 6.00. The second kappa shape index (κ2) is 6.12. The predicted octanol–water partition coefficient (Wildman–Crippen LogP) is 3.17. The molecule has 0 unspecified atom stereocenters. The van der Waals surface area contributed by atoms with Gasteiger partial charge in [-0.1, -0.05) is 12.1 Å². The molecule has 0 saturated carbocycles. The number of β-amino-alcohol motifs (C(OH)–C–C–N with tert-alkyl or cyclic N) is 1. The molecule has 1 N–H and O–H groups in total. The highest BCUT2D eigenvalue weighted by Crippen LogP contribution is 2.36. The first-order chi connectivity index (χ1) is 11.4. The SMILES string of the molecule is O=C1N(CCO)Cc2cccnc2N1c1cccc(C(F)(F)F)c1. The van der Waals surface area contributed by atoms with E-state index in [1.165, 1.54) is 23.2 Å². The quantitative estimate of drug-likeness (QED) is 0.936. The molecule has 0 radical (unpaired) electrons. The number of aliphatic hydroxyl groups excluding tert-OH is 1. The van der Waals surface area contributed by atoms with Crippen LogP contribution in [0.3, 0.4) is 0 Å². The van der Waals surface area contributed by atoms with E-state index in [2.05, 4.69) is 4.98 Å². The van der Waals surface area contributed by atoms with Crippen molar-refractivity contribution in [3.8, 4) is 0 Å². The summed E-state index contributed by atoms with van der Waals surface area (Å²) in [5.74, 6) is 0.302. The Balaban J connectivity index is 2.09. The molecular formula is C16H14F3N3O2. The van der Waals surface area contributed by atoms with Crippen LogP contribution in [0.2, 0.25) is 0 Å². The molecule has 0 bridgehead atoms. The monoisotopic (exact) mass is 337 g/mol. The fraction of sp³-hybridized carbons (Fsp3) is 0.250. The van der Waals surface area contributed by atoms with Crippen LogP contribution in [0.4, 0.5) is 29.5 Å². The fourth-order valence-corrected chi connectivity index (χ4v) is 2.61. The maximum absolute atomic E-state index is 13.0. The van der Waals surface area contributed by atoms with Crippen LogP contribution in [0.5, 0.6) is 0 Å². The lowest BCUT2D eigenvalue weighted by Gasteiger charge is -2.36. The highest BCUT2D eigenvalue weighted by atomic mass is 19.4. The van der Waals surface area contributed by atoms with Gasteiger partial charge in [0.25, 0.3) is 0 Å². The van der Waals surface area contributed by atoms with Crippen molar-refractivity contribution in [3.63, 3.8) is 0 Å². The molecule has 1 aromatic heterocycles. The Labute approximate surface area is 135 Å². The van der Waals surface area contributed by atoms with E-state index in [1.807, 2.05) is 0 Å². The molecule has 1 aliphatic rings. The number of hydrogen-bond donors (Lipinski definition) is 1. The Morgan fingerprint density at radius 3 is 2.71 bits per heavy atom. The number of carbonyl (C=O) groups is 1. The number of halogens is 3. The number of anilines is 2. The minimum absolute atomic E-state index is 0.0809.